The Balaban J connectivity index is 1.80. The largest absolute Gasteiger partial charge is 0.385 e. The molecule has 3 heteroatoms. The van der Waals surface area contributed by atoms with E-state index in [-0.39, 0.29) is 0 Å². The fourth-order valence-corrected chi connectivity index (χ4v) is 2.27. The summed E-state index contributed by atoms with van der Waals surface area (Å²) in [7, 11) is 0. The van der Waals surface area contributed by atoms with Gasteiger partial charge in [-0.05, 0) is 30.4 Å². The third kappa shape index (κ3) is 5.10. The van der Waals surface area contributed by atoms with E-state index in [2.05, 4.69) is 65.9 Å². The Labute approximate surface area is 127 Å². The highest BCUT2D eigenvalue weighted by atomic mass is 15.0. The van der Waals surface area contributed by atoms with E-state index in [0.29, 0.717) is 5.92 Å². The smallest absolute Gasteiger partial charge is 0.127 e. The first-order chi connectivity index (χ1) is 10.3. The molecule has 2 rings (SSSR count). The molecule has 0 spiro atoms. The molecule has 1 aromatic heterocycles. The topological polar surface area (TPSA) is 37.0 Å². The van der Waals surface area contributed by atoms with Crippen LogP contribution in [-0.4, -0.2) is 18.1 Å². The van der Waals surface area contributed by atoms with Gasteiger partial charge < -0.3 is 10.6 Å². The molecule has 21 heavy (non-hydrogen) atoms. The van der Waals surface area contributed by atoms with Crippen molar-refractivity contribution in [1.82, 2.24) is 4.98 Å². The van der Waals surface area contributed by atoms with Crippen LogP contribution < -0.4 is 10.6 Å². The Morgan fingerprint density at radius 3 is 2.62 bits per heavy atom. The molecule has 0 aliphatic carbocycles. The summed E-state index contributed by atoms with van der Waals surface area (Å²) in [6, 6.07) is 14.8. The summed E-state index contributed by atoms with van der Waals surface area (Å²) in [5.74, 6) is 1.51. The lowest BCUT2D eigenvalue weighted by molar-refractivity contribution is 0.706. The van der Waals surface area contributed by atoms with Gasteiger partial charge in [-0.1, -0.05) is 44.2 Å². The molecule has 2 N–H and O–H groups in total. The van der Waals surface area contributed by atoms with Gasteiger partial charge in [0, 0.05) is 31.0 Å². The van der Waals surface area contributed by atoms with Crippen LogP contribution in [0.5, 0.6) is 0 Å². The van der Waals surface area contributed by atoms with Crippen molar-refractivity contribution in [3.8, 4) is 0 Å². The average Bonchev–Trinajstić information content (AvgIpc) is 2.54. The van der Waals surface area contributed by atoms with Crippen molar-refractivity contribution >= 4 is 11.5 Å². The van der Waals surface area contributed by atoms with Gasteiger partial charge in [0.2, 0.25) is 0 Å². The zero-order valence-electron chi connectivity index (χ0n) is 13.0. The molecule has 0 amide bonds. The van der Waals surface area contributed by atoms with E-state index >= 15 is 0 Å². The van der Waals surface area contributed by atoms with E-state index in [4.69, 9.17) is 0 Å². The van der Waals surface area contributed by atoms with Gasteiger partial charge in [0.1, 0.15) is 5.82 Å². The number of rotatable bonds is 8. The summed E-state index contributed by atoms with van der Waals surface area (Å²) in [5, 5.41) is 6.79. The second kappa shape index (κ2) is 8.30. The highest BCUT2D eigenvalue weighted by molar-refractivity contribution is 5.51. The standard InChI is InChI=1S/C18H25N3/c1-3-11-20-18-14-17(10-13-21-18)19-12-9-15(2)16-7-5-4-6-8-16/h4-8,10,13-15H,3,9,11-12H2,1-2H3,(H2,19,20,21). The normalized spacial score (nSPS) is 11.9. The first-order valence-electron chi connectivity index (χ1n) is 7.78. The molecule has 0 radical (unpaired) electrons. The first kappa shape index (κ1) is 15.4. The molecule has 0 saturated carbocycles. The number of nitrogens with one attached hydrogen (secondary N) is 2. The third-order valence-electron chi connectivity index (χ3n) is 3.59. The molecule has 0 bridgehead atoms. The fourth-order valence-electron chi connectivity index (χ4n) is 2.27. The molecule has 0 fully saturated rings. The summed E-state index contributed by atoms with van der Waals surface area (Å²) >= 11 is 0. The second-order valence-corrected chi connectivity index (χ2v) is 5.38. The minimum Gasteiger partial charge on any atom is -0.385 e. The number of benzene rings is 1. The lowest BCUT2D eigenvalue weighted by atomic mass is 9.98. The highest BCUT2D eigenvalue weighted by Gasteiger charge is 2.04. The van der Waals surface area contributed by atoms with Crippen LogP contribution in [0.2, 0.25) is 0 Å². The minimum absolute atomic E-state index is 0.568. The second-order valence-electron chi connectivity index (χ2n) is 5.38. The molecule has 1 atom stereocenters. The van der Waals surface area contributed by atoms with E-state index in [0.717, 1.165) is 37.4 Å². The molecule has 0 aliphatic heterocycles. The van der Waals surface area contributed by atoms with Gasteiger partial charge in [0.15, 0.2) is 0 Å². The molecule has 0 saturated heterocycles. The minimum atomic E-state index is 0.568. The summed E-state index contributed by atoms with van der Waals surface area (Å²) in [6.45, 7) is 6.35. The number of pyridine rings is 1. The zero-order chi connectivity index (χ0) is 14.9. The van der Waals surface area contributed by atoms with Crippen molar-refractivity contribution in [1.29, 1.82) is 0 Å². The average molecular weight is 283 g/mol. The van der Waals surface area contributed by atoms with Crippen LogP contribution in [0.1, 0.15) is 38.2 Å². The molecule has 112 valence electrons. The van der Waals surface area contributed by atoms with Crippen molar-refractivity contribution < 1.29 is 0 Å². The summed E-state index contributed by atoms with van der Waals surface area (Å²) < 4.78 is 0. The van der Waals surface area contributed by atoms with Crippen molar-refractivity contribution in [2.24, 2.45) is 0 Å². The molecule has 2 aromatic rings. The molecular weight excluding hydrogens is 258 g/mol. The van der Waals surface area contributed by atoms with E-state index in [1.54, 1.807) is 0 Å². The van der Waals surface area contributed by atoms with Crippen LogP contribution in [0.4, 0.5) is 11.5 Å². The van der Waals surface area contributed by atoms with Crippen molar-refractivity contribution in [3.05, 3.63) is 54.2 Å². The lowest BCUT2D eigenvalue weighted by Gasteiger charge is -2.13. The fraction of sp³-hybridized carbons (Fsp3) is 0.389. The maximum atomic E-state index is 4.32. The van der Waals surface area contributed by atoms with E-state index in [1.807, 2.05) is 12.3 Å². The number of anilines is 2. The van der Waals surface area contributed by atoms with Crippen LogP contribution in [0.3, 0.4) is 0 Å². The molecule has 1 aromatic carbocycles. The monoisotopic (exact) mass is 283 g/mol. The predicted octanol–water partition coefficient (Wildman–Crippen LogP) is 4.51. The first-order valence-corrected chi connectivity index (χ1v) is 7.78. The Bertz CT molecular complexity index is 525. The number of hydrogen-bond acceptors (Lipinski definition) is 3. The van der Waals surface area contributed by atoms with Gasteiger partial charge in [-0.3, -0.25) is 0 Å². The summed E-state index contributed by atoms with van der Waals surface area (Å²) in [6.07, 6.45) is 4.07. The van der Waals surface area contributed by atoms with Crippen LogP contribution >= 0.6 is 0 Å². The van der Waals surface area contributed by atoms with Crippen LogP contribution in [0.25, 0.3) is 0 Å². The van der Waals surface area contributed by atoms with Gasteiger partial charge in [0.25, 0.3) is 0 Å². The van der Waals surface area contributed by atoms with Gasteiger partial charge >= 0.3 is 0 Å². The lowest BCUT2D eigenvalue weighted by Crippen LogP contribution is -2.07. The predicted molar refractivity (Wildman–Crippen MR) is 91.0 cm³/mol. The summed E-state index contributed by atoms with van der Waals surface area (Å²) in [5.41, 5.74) is 2.53. The molecule has 0 aliphatic rings. The van der Waals surface area contributed by atoms with Gasteiger partial charge in [-0.15, -0.1) is 0 Å². The van der Waals surface area contributed by atoms with E-state index in [1.165, 1.54) is 5.56 Å². The summed E-state index contributed by atoms with van der Waals surface area (Å²) in [4.78, 5) is 4.32. The van der Waals surface area contributed by atoms with Crippen molar-refractivity contribution in [2.75, 3.05) is 23.7 Å². The molecular formula is C18H25N3. The quantitative estimate of drug-likeness (QED) is 0.748. The highest BCUT2D eigenvalue weighted by Crippen LogP contribution is 2.19. The van der Waals surface area contributed by atoms with E-state index < -0.39 is 0 Å². The van der Waals surface area contributed by atoms with Gasteiger partial charge in [-0.2, -0.15) is 0 Å². The van der Waals surface area contributed by atoms with Gasteiger partial charge in [-0.25, -0.2) is 4.98 Å². The maximum absolute atomic E-state index is 4.32. The van der Waals surface area contributed by atoms with Crippen LogP contribution in [0, 0.1) is 0 Å². The Kier molecular flexibility index (Phi) is 6.07. The SMILES string of the molecule is CCCNc1cc(NCCC(C)c2ccccc2)ccn1. The number of aromatic nitrogens is 1. The Morgan fingerprint density at radius 1 is 1.05 bits per heavy atom. The maximum Gasteiger partial charge on any atom is 0.127 e. The van der Waals surface area contributed by atoms with Gasteiger partial charge in [0.05, 0.1) is 0 Å². The molecule has 1 heterocycles. The third-order valence-corrected chi connectivity index (χ3v) is 3.59. The zero-order valence-corrected chi connectivity index (χ0v) is 13.0. The Morgan fingerprint density at radius 2 is 1.86 bits per heavy atom. The van der Waals surface area contributed by atoms with Crippen LogP contribution in [-0.2, 0) is 0 Å². The number of hydrogen-bond donors (Lipinski definition) is 2. The van der Waals surface area contributed by atoms with Crippen molar-refractivity contribution in [3.63, 3.8) is 0 Å². The molecule has 3 nitrogen and oxygen atoms in total. The Hall–Kier alpha value is -2.03. The van der Waals surface area contributed by atoms with E-state index in [9.17, 15) is 0 Å². The van der Waals surface area contributed by atoms with Crippen LogP contribution in [0.15, 0.2) is 48.7 Å². The van der Waals surface area contributed by atoms with Crippen molar-refractivity contribution in [2.45, 2.75) is 32.6 Å². The number of nitrogens with zero attached hydrogens (tertiary/aromatic N) is 1. The molecule has 1 unspecified atom stereocenters.